The molecule has 0 saturated carbocycles. The number of nitrogens with two attached hydrogens (primary N) is 2. The Labute approximate surface area is 196 Å². The Morgan fingerprint density at radius 3 is 1.71 bits per heavy atom. The number of hydrogen-bond acceptors (Lipinski definition) is 6. The zero-order chi connectivity index (χ0) is 24.4. The Hall–Kier alpha value is -5.38. The van der Waals surface area contributed by atoms with Crippen LogP contribution < -0.4 is 20.9 Å². The molecule has 6 nitrogen and oxygen atoms in total. The molecule has 0 aliphatic rings. The van der Waals surface area contributed by atoms with E-state index in [1.807, 2.05) is 0 Å². The maximum Gasteiger partial charge on any atom is 0.144 e. The van der Waals surface area contributed by atoms with E-state index in [9.17, 15) is 10.2 Å². The molecule has 0 aliphatic heterocycles. The lowest BCUT2D eigenvalue weighted by atomic mass is 9.96. The number of hydrogen-bond donors (Lipinski definition) is 4. The predicted octanol–water partition coefficient (Wildman–Crippen LogP) is 4.94. The average Bonchev–Trinajstić information content (AvgIpc) is 2.82. The first-order chi connectivity index (χ1) is 16.3. The topological polar surface area (TPSA) is 111 Å². The first-order valence-corrected chi connectivity index (χ1v) is 9.92. The normalized spacial score (nSPS) is 10.1. The summed E-state index contributed by atoms with van der Waals surface area (Å²) >= 11 is 0. The van der Waals surface area contributed by atoms with Crippen LogP contribution in [0.1, 0.15) is 16.7 Å². The third-order valence-electron chi connectivity index (χ3n) is 5.10. The van der Waals surface area contributed by atoms with Gasteiger partial charge in [0.15, 0.2) is 0 Å². The molecule has 0 aromatic heterocycles. The quantitative estimate of drug-likeness (QED) is 0.201. The lowest BCUT2D eigenvalue weighted by molar-refractivity contribution is 0.466. The summed E-state index contributed by atoms with van der Waals surface area (Å²) in [6, 6.07) is 14.1. The number of terminal acetylenes is 3. The Morgan fingerprint density at radius 2 is 1.21 bits per heavy atom. The van der Waals surface area contributed by atoms with E-state index in [0.29, 0.717) is 50.5 Å². The van der Waals surface area contributed by atoms with Gasteiger partial charge in [0, 0.05) is 17.5 Å². The summed E-state index contributed by atoms with van der Waals surface area (Å²) in [5.74, 6) is 9.15. The molecule has 34 heavy (non-hydrogen) atoms. The van der Waals surface area contributed by atoms with Gasteiger partial charge in [-0.25, -0.2) is 0 Å². The second-order valence-corrected chi connectivity index (χ2v) is 7.27. The van der Waals surface area contributed by atoms with E-state index >= 15 is 0 Å². The molecule has 0 amide bonds. The molecule has 0 unspecified atom stereocenters. The molecule has 4 aromatic carbocycles. The van der Waals surface area contributed by atoms with Crippen molar-refractivity contribution in [1.82, 2.24) is 0 Å². The summed E-state index contributed by atoms with van der Waals surface area (Å²) in [4.78, 5) is 0. The van der Waals surface area contributed by atoms with Gasteiger partial charge in [0.05, 0.1) is 28.1 Å². The Kier molecular flexibility index (Phi) is 5.54. The van der Waals surface area contributed by atoms with E-state index in [1.54, 1.807) is 30.3 Å². The number of fused-ring (bicyclic) bond motifs is 1. The van der Waals surface area contributed by atoms with Crippen LogP contribution in [-0.2, 0) is 0 Å². The highest BCUT2D eigenvalue weighted by atomic mass is 16.5. The van der Waals surface area contributed by atoms with Crippen LogP contribution in [0.25, 0.3) is 10.8 Å². The zero-order valence-electron chi connectivity index (χ0n) is 17.8. The summed E-state index contributed by atoms with van der Waals surface area (Å²) in [6.45, 7) is 0. The van der Waals surface area contributed by atoms with Crippen LogP contribution in [0.3, 0.4) is 0 Å². The van der Waals surface area contributed by atoms with Gasteiger partial charge in [0.2, 0.25) is 0 Å². The number of ether oxygens (including phenoxy) is 2. The molecule has 0 radical (unpaired) electrons. The molecule has 0 fully saturated rings. The maximum atomic E-state index is 9.66. The minimum Gasteiger partial charge on any atom is -0.506 e. The molecular weight excluding hydrogens is 428 g/mol. The number of benzene rings is 4. The van der Waals surface area contributed by atoms with Crippen molar-refractivity contribution in [2.45, 2.75) is 0 Å². The molecule has 6 N–H and O–H groups in total. The molecule has 0 saturated heterocycles. The van der Waals surface area contributed by atoms with Crippen molar-refractivity contribution in [3.05, 3.63) is 71.3 Å². The van der Waals surface area contributed by atoms with Gasteiger partial charge in [-0.1, -0.05) is 17.8 Å². The zero-order valence-corrected chi connectivity index (χ0v) is 17.8. The molecule has 164 valence electrons. The number of aromatic hydroxyl groups is 2. The van der Waals surface area contributed by atoms with Crippen molar-refractivity contribution >= 4 is 22.1 Å². The molecule has 0 atom stereocenters. The molecule has 6 heteroatoms. The maximum absolute atomic E-state index is 9.66. The summed E-state index contributed by atoms with van der Waals surface area (Å²) in [6.07, 6.45) is 17.3. The van der Waals surface area contributed by atoms with Crippen molar-refractivity contribution in [2.24, 2.45) is 0 Å². The van der Waals surface area contributed by atoms with Gasteiger partial charge in [0.1, 0.15) is 34.5 Å². The molecule has 0 aliphatic carbocycles. The Morgan fingerprint density at radius 1 is 0.647 bits per heavy atom. The van der Waals surface area contributed by atoms with Gasteiger partial charge in [0.25, 0.3) is 0 Å². The minimum absolute atomic E-state index is 0.0563. The predicted molar refractivity (Wildman–Crippen MR) is 133 cm³/mol. The highest BCUT2D eigenvalue weighted by Crippen LogP contribution is 2.39. The Balaban J connectivity index is 1.86. The number of anilines is 2. The highest BCUT2D eigenvalue weighted by Gasteiger charge is 2.17. The lowest BCUT2D eigenvalue weighted by Gasteiger charge is -2.15. The van der Waals surface area contributed by atoms with E-state index in [-0.39, 0.29) is 22.9 Å². The second-order valence-electron chi connectivity index (χ2n) is 7.27. The third kappa shape index (κ3) is 3.94. The summed E-state index contributed by atoms with van der Waals surface area (Å²) < 4.78 is 11.9. The fraction of sp³-hybridized carbons (Fsp3) is 0. The number of nitrogen functional groups attached to an aromatic ring is 2. The van der Waals surface area contributed by atoms with Gasteiger partial charge in [-0.3, -0.25) is 0 Å². The number of rotatable bonds is 4. The fourth-order valence-corrected chi connectivity index (χ4v) is 3.42. The van der Waals surface area contributed by atoms with Crippen LogP contribution in [0.5, 0.6) is 34.5 Å². The van der Waals surface area contributed by atoms with E-state index < -0.39 is 0 Å². The van der Waals surface area contributed by atoms with Gasteiger partial charge < -0.3 is 31.2 Å². The molecule has 4 aromatic rings. The standard InChI is InChI=1S/C28H18N2O4/c1-4-16-11-17-12-28(34-19-8-10-26(32)24(30)14-19)21(6-3)20(5-2)22(17)15-27(16)33-18-7-9-25(31)23(29)13-18/h1-3,7-15,31-32H,29-30H2. The van der Waals surface area contributed by atoms with Gasteiger partial charge in [-0.2, -0.15) is 0 Å². The van der Waals surface area contributed by atoms with Crippen molar-refractivity contribution in [2.75, 3.05) is 11.5 Å². The van der Waals surface area contributed by atoms with Crippen molar-refractivity contribution in [1.29, 1.82) is 0 Å². The van der Waals surface area contributed by atoms with Crippen LogP contribution in [0, 0.1) is 37.0 Å². The van der Waals surface area contributed by atoms with Crippen molar-refractivity contribution < 1.29 is 19.7 Å². The third-order valence-corrected chi connectivity index (χ3v) is 5.10. The SMILES string of the molecule is C#Cc1cc2cc(Oc3ccc(O)c(N)c3)c(C#C)c(C#C)c2cc1Oc1ccc(O)c(N)c1. The van der Waals surface area contributed by atoms with Gasteiger partial charge in [-0.05, 0) is 47.9 Å². The second kappa shape index (κ2) is 8.63. The van der Waals surface area contributed by atoms with E-state index in [1.165, 1.54) is 24.3 Å². The van der Waals surface area contributed by atoms with Gasteiger partial charge >= 0.3 is 0 Å². The summed E-state index contributed by atoms with van der Waals surface area (Å²) in [5.41, 5.74) is 13.1. The molecule has 0 bridgehead atoms. The minimum atomic E-state index is -0.0612. The molecular formula is C28H18N2O4. The average molecular weight is 446 g/mol. The van der Waals surface area contributed by atoms with Crippen LogP contribution >= 0.6 is 0 Å². The van der Waals surface area contributed by atoms with Crippen LogP contribution in [0.4, 0.5) is 11.4 Å². The van der Waals surface area contributed by atoms with Crippen molar-refractivity contribution in [3.8, 4) is 71.5 Å². The first kappa shape index (κ1) is 21.8. The van der Waals surface area contributed by atoms with Crippen LogP contribution in [-0.4, -0.2) is 10.2 Å². The summed E-state index contributed by atoms with van der Waals surface area (Å²) in [5, 5.41) is 20.6. The molecule has 4 rings (SSSR count). The van der Waals surface area contributed by atoms with Gasteiger partial charge in [-0.15, -0.1) is 19.3 Å². The fourth-order valence-electron chi connectivity index (χ4n) is 3.42. The number of phenolic OH excluding ortho intramolecular Hbond substituents is 2. The van der Waals surface area contributed by atoms with Crippen molar-refractivity contribution in [3.63, 3.8) is 0 Å². The first-order valence-electron chi connectivity index (χ1n) is 9.92. The summed E-state index contributed by atoms with van der Waals surface area (Å²) in [7, 11) is 0. The smallest absolute Gasteiger partial charge is 0.144 e. The monoisotopic (exact) mass is 446 g/mol. The number of phenols is 2. The van der Waals surface area contributed by atoms with Crippen LogP contribution in [0.15, 0.2) is 54.6 Å². The molecule has 0 heterocycles. The van der Waals surface area contributed by atoms with E-state index in [2.05, 4.69) is 17.8 Å². The Bertz CT molecular complexity index is 1580. The van der Waals surface area contributed by atoms with E-state index in [4.69, 9.17) is 40.2 Å². The highest BCUT2D eigenvalue weighted by molar-refractivity contribution is 5.95. The van der Waals surface area contributed by atoms with Crippen LogP contribution in [0.2, 0.25) is 0 Å². The molecule has 0 spiro atoms. The lowest BCUT2D eigenvalue weighted by Crippen LogP contribution is -1.97. The largest absolute Gasteiger partial charge is 0.506 e. The van der Waals surface area contributed by atoms with E-state index in [0.717, 1.165) is 0 Å².